The van der Waals surface area contributed by atoms with Crippen molar-refractivity contribution in [2.24, 2.45) is 5.92 Å². The number of nitrogens with one attached hydrogen (secondary N) is 1. The van der Waals surface area contributed by atoms with Crippen LogP contribution in [0.15, 0.2) is 54.9 Å². The largest absolute Gasteiger partial charge is 0.619 e. The lowest BCUT2D eigenvalue weighted by molar-refractivity contribution is -0.605. The summed E-state index contributed by atoms with van der Waals surface area (Å²) in [6.45, 7) is -2.87. The zero-order valence-corrected chi connectivity index (χ0v) is 27.3. The number of pyridine rings is 1. The molecule has 0 aliphatic heterocycles. The Morgan fingerprint density at radius 2 is 1.80 bits per heavy atom. The van der Waals surface area contributed by atoms with Crippen LogP contribution in [0.5, 0.6) is 11.5 Å². The number of halogens is 4. The number of alkyl carbamates (subject to hydrolysis) is 1. The van der Waals surface area contributed by atoms with Gasteiger partial charge in [0.2, 0.25) is 0 Å². The molecule has 1 heterocycles. The van der Waals surface area contributed by atoms with E-state index in [1.165, 1.54) is 42.5 Å². The van der Waals surface area contributed by atoms with Gasteiger partial charge in [-0.2, -0.15) is 13.5 Å². The molecule has 1 fully saturated rings. The van der Waals surface area contributed by atoms with Crippen LogP contribution in [0, 0.1) is 11.1 Å². The van der Waals surface area contributed by atoms with Crippen LogP contribution in [0.2, 0.25) is 10.0 Å². The van der Waals surface area contributed by atoms with E-state index in [0.29, 0.717) is 21.8 Å². The number of carbonyl (C=O) groups excluding carboxylic acids is 1. The average Bonchev–Trinajstić information content (AvgIpc) is 3.80. The fourth-order valence-corrected chi connectivity index (χ4v) is 6.62. The number of nitrogens with zero attached hydrogens (tertiary/aromatic N) is 2. The van der Waals surface area contributed by atoms with E-state index in [1.54, 1.807) is 0 Å². The minimum atomic E-state index is -3.61. The minimum absolute atomic E-state index is 0.00758. The monoisotopic (exact) mass is 723 g/mol. The van der Waals surface area contributed by atoms with Gasteiger partial charge in [-0.3, -0.25) is 8.86 Å². The van der Waals surface area contributed by atoms with Crippen LogP contribution in [0.4, 0.5) is 19.3 Å². The van der Waals surface area contributed by atoms with Crippen LogP contribution in [-0.2, 0) is 38.8 Å². The third-order valence-corrected chi connectivity index (χ3v) is 8.88. The predicted molar refractivity (Wildman–Crippen MR) is 166 cm³/mol. The number of rotatable bonds is 15. The summed E-state index contributed by atoms with van der Waals surface area (Å²) in [5, 5.41) is 14.4. The van der Waals surface area contributed by atoms with Crippen molar-refractivity contribution in [2.75, 3.05) is 23.0 Å². The average molecular weight is 725 g/mol. The van der Waals surface area contributed by atoms with E-state index in [2.05, 4.69) is 10.1 Å². The van der Waals surface area contributed by atoms with Crippen molar-refractivity contribution in [3.63, 3.8) is 0 Å². The maximum Gasteiger partial charge on any atom is 0.408 e. The molecule has 18 heteroatoms. The van der Waals surface area contributed by atoms with Gasteiger partial charge < -0.3 is 24.7 Å². The summed E-state index contributed by atoms with van der Waals surface area (Å²) in [5.74, 6) is -0.567. The molecule has 0 bridgehead atoms. The van der Waals surface area contributed by atoms with Crippen molar-refractivity contribution in [1.82, 2.24) is 5.32 Å². The number of ether oxygens (including phenoxy) is 3. The van der Waals surface area contributed by atoms with Gasteiger partial charge in [0, 0.05) is 24.8 Å². The summed E-state index contributed by atoms with van der Waals surface area (Å²) < 4.78 is 87.9. The molecule has 0 spiro atoms. The molecule has 0 radical (unpaired) electrons. The summed E-state index contributed by atoms with van der Waals surface area (Å²) in [4.78, 5) is 13.0. The smallest absolute Gasteiger partial charge is 0.408 e. The summed E-state index contributed by atoms with van der Waals surface area (Å²) in [6, 6.07) is 9.97. The molecule has 46 heavy (non-hydrogen) atoms. The summed E-state index contributed by atoms with van der Waals surface area (Å²) >= 11 is 9.96. The molecular weight excluding hydrogens is 695 g/mol. The first-order valence-corrected chi connectivity index (χ1v) is 17.4. The van der Waals surface area contributed by atoms with Gasteiger partial charge in [0.1, 0.15) is 22.0 Å². The van der Waals surface area contributed by atoms with Gasteiger partial charge in [0.25, 0.3) is 11.3 Å². The SMILES string of the molecule is CS(=O)(=O)CN(c1ccc(CNC(=O)O[C@@H](Cc2c(Cl)c[n+]([O-])cc2Cl)c2ccc(OC(F)F)c(OCC3CC3)c2)cc1)S(=O)O. The standard InChI is InChI=1S/C28H29Cl2F2N3O9S2/c1-46(40,41)16-35(45(38)39)20-7-4-17(5-8-20)12-33-28(36)44-25(11-21-22(29)13-34(37)14-23(21)30)19-6-9-24(43-27(31)32)26(10-19)42-15-18-2-3-18/h4-10,13-14,18,25,27H,2-3,11-12,15-16H2,1H3,(H,33,36)(H,38,39)/t25-/m0/s1. The Morgan fingerprint density at radius 3 is 2.37 bits per heavy atom. The van der Waals surface area contributed by atoms with Crippen molar-refractivity contribution in [2.45, 2.75) is 38.5 Å². The molecule has 1 amide bonds. The lowest BCUT2D eigenvalue weighted by Crippen LogP contribution is -2.31. The van der Waals surface area contributed by atoms with Gasteiger partial charge in [-0.25, -0.2) is 17.4 Å². The fraction of sp³-hybridized carbons (Fsp3) is 0.357. The third-order valence-electron chi connectivity index (χ3n) is 6.63. The topological polar surface area (TPSA) is 158 Å². The molecule has 2 N–H and O–H groups in total. The van der Waals surface area contributed by atoms with Gasteiger partial charge in [-0.05, 0) is 54.2 Å². The Morgan fingerprint density at radius 1 is 1.15 bits per heavy atom. The molecular formula is C28H29Cl2F2N3O9S2. The normalized spacial score (nSPS) is 14.4. The maximum atomic E-state index is 13.1. The second kappa shape index (κ2) is 15.4. The number of anilines is 1. The fourth-order valence-electron chi connectivity index (χ4n) is 4.21. The van der Waals surface area contributed by atoms with E-state index in [4.69, 9.17) is 32.7 Å². The molecule has 1 unspecified atom stereocenters. The highest BCUT2D eigenvalue weighted by atomic mass is 35.5. The number of amides is 1. The van der Waals surface area contributed by atoms with Crippen molar-refractivity contribution in [3.05, 3.63) is 86.8 Å². The highest BCUT2D eigenvalue weighted by Crippen LogP contribution is 2.37. The molecule has 12 nitrogen and oxygen atoms in total. The molecule has 3 aromatic rings. The molecule has 1 aliphatic carbocycles. The van der Waals surface area contributed by atoms with Gasteiger partial charge in [-0.15, -0.1) is 0 Å². The van der Waals surface area contributed by atoms with E-state index >= 15 is 0 Å². The van der Waals surface area contributed by atoms with Crippen molar-refractivity contribution in [3.8, 4) is 11.5 Å². The Labute approximate surface area is 276 Å². The number of alkyl halides is 2. The van der Waals surface area contributed by atoms with Crippen LogP contribution >= 0.6 is 23.2 Å². The first-order chi connectivity index (χ1) is 21.7. The third kappa shape index (κ3) is 10.6. The van der Waals surface area contributed by atoms with Crippen LogP contribution in [0.1, 0.15) is 35.6 Å². The summed E-state index contributed by atoms with van der Waals surface area (Å²) in [6.07, 6.45) is 2.90. The molecule has 1 saturated carbocycles. The molecule has 1 aliphatic rings. The zero-order valence-electron chi connectivity index (χ0n) is 24.1. The van der Waals surface area contributed by atoms with Crippen LogP contribution in [0.3, 0.4) is 0 Å². The highest BCUT2D eigenvalue weighted by molar-refractivity contribution is 7.92. The van der Waals surface area contributed by atoms with Crippen molar-refractivity contribution >= 4 is 56.1 Å². The van der Waals surface area contributed by atoms with Gasteiger partial charge in [0.15, 0.2) is 33.7 Å². The Hall–Kier alpha value is -3.44. The summed E-state index contributed by atoms with van der Waals surface area (Å²) in [7, 11) is -3.61. The molecule has 1 aromatic heterocycles. The highest BCUT2D eigenvalue weighted by Gasteiger charge is 2.26. The number of benzene rings is 2. The summed E-state index contributed by atoms with van der Waals surface area (Å²) in [5.41, 5.74) is 1.32. The van der Waals surface area contributed by atoms with E-state index in [1.807, 2.05) is 0 Å². The van der Waals surface area contributed by atoms with Gasteiger partial charge in [0.05, 0.1) is 12.3 Å². The maximum absolute atomic E-state index is 13.1. The predicted octanol–water partition coefficient (Wildman–Crippen LogP) is 5.17. The number of hydrogen-bond acceptors (Lipinski definition) is 8. The van der Waals surface area contributed by atoms with Crippen molar-refractivity contribution < 1.29 is 49.7 Å². The van der Waals surface area contributed by atoms with Gasteiger partial charge >= 0.3 is 12.7 Å². The zero-order chi connectivity index (χ0) is 33.6. The van der Waals surface area contributed by atoms with E-state index in [9.17, 15) is 36.0 Å². The minimum Gasteiger partial charge on any atom is -0.619 e. The first-order valence-electron chi connectivity index (χ1n) is 13.6. The number of aromatic nitrogens is 1. The molecule has 2 atom stereocenters. The lowest BCUT2D eigenvalue weighted by atomic mass is 10.0. The van der Waals surface area contributed by atoms with E-state index in [0.717, 1.165) is 35.8 Å². The Bertz CT molecular complexity index is 1660. The Kier molecular flexibility index (Phi) is 11.9. The Balaban J connectivity index is 1.54. The quantitative estimate of drug-likeness (QED) is 0.123. The second-order valence-electron chi connectivity index (χ2n) is 10.4. The van der Waals surface area contributed by atoms with Crippen LogP contribution in [-0.4, -0.2) is 48.6 Å². The molecule has 2 aromatic carbocycles. The number of carbonyl (C=O) groups is 1. The molecule has 0 saturated heterocycles. The molecule has 250 valence electrons. The van der Waals surface area contributed by atoms with Crippen LogP contribution < -0.4 is 23.8 Å². The molecule has 4 rings (SSSR count). The van der Waals surface area contributed by atoms with E-state index in [-0.39, 0.29) is 52.4 Å². The van der Waals surface area contributed by atoms with Gasteiger partial charge in [-0.1, -0.05) is 41.4 Å². The lowest BCUT2D eigenvalue weighted by Gasteiger charge is -2.22. The number of sulfone groups is 1. The van der Waals surface area contributed by atoms with E-state index < -0.39 is 45.8 Å². The van der Waals surface area contributed by atoms with Crippen molar-refractivity contribution in [1.29, 1.82) is 0 Å². The van der Waals surface area contributed by atoms with Crippen LogP contribution in [0.25, 0.3) is 0 Å². The first kappa shape index (κ1) is 35.4. The number of hydrogen-bond donors (Lipinski definition) is 2. The second-order valence-corrected chi connectivity index (χ2v) is 14.2.